The van der Waals surface area contributed by atoms with Gasteiger partial charge in [0, 0.05) is 6.20 Å². The van der Waals surface area contributed by atoms with Gasteiger partial charge in [0.05, 0.1) is 8.04 Å². The van der Waals surface area contributed by atoms with E-state index in [-0.39, 0.29) is 0 Å². The molecule has 1 aromatic rings. The Morgan fingerprint density at radius 2 is 2.17 bits per heavy atom. The third-order valence-corrected chi connectivity index (χ3v) is 3.62. The normalized spacial score (nSPS) is 10.8. The zero-order chi connectivity index (χ0) is 9.30. The van der Waals surface area contributed by atoms with E-state index in [0.29, 0.717) is 8.04 Å². The van der Waals surface area contributed by atoms with Crippen LogP contribution in [0.2, 0.25) is 0 Å². The standard InChI is InChI=1S/C6H3BrF2INO/c7-2-1-11-4(6(8)9)5(12)3(2)10/h1,6,12H. The van der Waals surface area contributed by atoms with Gasteiger partial charge in [-0.25, -0.2) is 8.78 Å². The van der Waals surface area contributed by atoms with Gasteiger partial charge in [0.15, 0.2) is 5.75 Å². The third-order valence-electron chi connectivity index (χ3n) is 1.18. The molecule has 1 aromatic heterocycles. The molecule has 0 aromatic carbocycles. The molecule has 2 nitrogen and oxygen atoms in total. The van der Waals surface area contributed by atoms with E-state index in [1.165, 1.54) is 6.20 Å². The fourth-order valence-corrected chi connectivity index (χ4v) is 1.34. The average Bonchev–Trinajstić information content (AvgIpc) is 2.00. The maximum Gasteiger partial charge on any atom is 0.284 e. The molecule has 66 valence electrons. The number of alkyl halides is 2. The smallest absolute Gasteiger partial charge is 0.284 e. The molecule has 0 aliphatic rings. The van der Waals surface area contributed by atoms with Crippen LogP contribution in [0.15, 0.2) is 10.7 Å². The van der Waals surface area contributed by atoms with Crippen LogP contribution in [0.25, 0.3) is 0 Å². The third kappa shape index (κ3) is 1.85. The molecule has 0 aliphatic carbocycles. The Morgan fingerprint density at radius 1 is 1.58 bits per heavy atom. The molecule has 0 radical (unpaired) electrons. The van der Waals surface area contributed by atoms with E-state index in [1.807, 2.05) is 0 Å². The first-order valence-electron chi connectivity index (χ1n) is 2.85. The summed E-state index contributed by atoms with van der Waals surface area (Å²) in [4.78, 5) is 3.39. The van der Waals surface area contributed by atoms with Gasteiger partial charge in [-0.3, -0.25) is 4.98 Å². The highest BCUT2D eigenvalue weighted by Gasteiger charge is 2.17. The summed E-state index contributed by atoms with van der Waals surface area (Å²) in [6.07, 6.45) is -1.50. The van der Waals surface area contributed by atoms with Crippen molar-refractivity contribution in [3.05, 3.63) is 19.9 Å². The predicted molar refractivity (Wildman–Crippen MR) is 51.3 cm³/mol. The van der Waals surface area contributed by atoms with Crippen molar-refractivity contribution in [2.45, 2.75) is 6.43 Å². The van der Waals surface area contributed by atoms with E-state index < -0.39 is 17.9 Å². The van der Waals surface area contributed by atoms with Gasteiger partial charge in [-0.15, -0.1) is 0 Å². The number of pyridine rings is 1. The Hall–Kier alpha value is 0.0200. The summed E-state index contributed by atoms with van der Waals surface area (Å²) in [6, 6.07) is 0. The van der Waals surface area contributed by atoms with Gasteiger partial charge in [-0.2, -0.15) is 0 Å². The molecule has 12 heavy (non-hydrogen) atoms. The second-order valence-corrected chi connectivity index (χ2v) is 3.89. The molecular formula is C6H3BrF2INO. The summed E-state index contributed by atoms with van der Waals surface area (Å²) < 4.78 is 25.0. The van der Waals surface area contributed by atoms with Gasteiger partial charge in [0.1, 0.15) is 5.69 Å². The number of hydrogen-bond acceptors (Lipinski definition) is 2. The lowest BCUT2D eigenvalue weighted by Crippen LogP contribution is -1.93. The van der Waals surface area contributed by atoms with E-state index in [1.54, 1.807) is 22.6 Å². The van der Waals surface area contributed by atoms with Crippen LogP contribution in [0.1, 0.15) is 12.1 Å². The lowest BCUT2D eigenvalue weighted by atomic mass is 10.3. The Labute approximate surface area is 89.3 Å². The van der Waals surface area contributed by atoms with E-state index in [0.717, 1.165) is 0 Å². The van der Waals surface area contributed by atoms with Crippen LogP contribution in [0.3, 0.4) is 0 Å². The Morgan fingerprint density at radius 3 is 2.67 bits per heavy atom. The highest BCUT2D eigenvalue weighted by molar-refractivity contribution is 14.1. The van der Waals surface area contributed by atoms with Gasteiger partial charge >= 0.3 is 0 Å². The van der Waals surface area contributed by atoms with Crippen molar-refractivity contribution in [2.24, 2.45) is 0 Å². The van der Waals surface area contributed by atoms with Gasteiger partial charge in [0.25, 0.3) is 6.43 Å². The maximum atomic E-state index is 12.1. The summed E-state index contributed by atoms with van der Waals surface area (Å²) in [5, 5.41) is 9.17. The quantitative estimate of drug-likeness (QED) is 0.790. The summed E-state index contributed by atoms with van der Waals surface area (Å²) in [6.45, 7) is 0. The molecular weight excluding hydrogens is 347 g/mol. The van der Waals surface area contributed by atoms with Crippen LogP contribution in [0.5, 0.6) is 5.75 Å². The number of aromatic hydroxyl groups is 1. The van der Waals surface area contributed by atoms with Gasteiger partial charge in [-0.1, -0.05) is 0 Å². The van der Waals surface area contributed by atoms with Crippen LogP contribution in [-0.4, -0.2) is 10.1 Å². The molecule has 1 rings (SSSR count). The van der Waals surface area contributed by atoms with Crippen molar-refractivity contribution in [1.29, 1.82) is 0 Å². The molecule has 0 bridgehead atoms. The van der Waals surface area contributed by atoms with Crippen molar-refractivity contribution < 1.29 is 13.9 Å². The van der Waals surface area contributed by atoms with Crippen LogP contribution in [0, 0.1) is 3.57 Å². The number of rotatable bonds is 1. The molecule has 0 atom stereocenters. The zero-order valence-corrected chi connectivity index (χ0v) is 9.30. The lowest BCUT2D eigenvalue weighted by molar-refractivity contribution is 0.141. The molecule has 1 N–H and O–H groups in total. The van der Waals surface area contributed by atoms with Crippen LogP contribution < -0.4 is 0 Å². The first kappa shape index (κ1) is 10.1. The first-order chi connectivity index (χ1) is 5.54. The number of hydrogen-bond donors (Lipinski definition) is 1. The van der Waals surface area contributed by atoms with E-state index >= 15 is 0 Å². The molecule has 0 unspecified atom stereocenters. The van der Waals surface area contributed by atoms with Crippen molar-refractivity contribution in [3.8, 4) is 5.75 Å². The topological polar surface area (TPSA) is 33.1 Å². The number of aromatic nitrogens is 1. The molecule has 0 spiro atoms. The monoisotopic (exact) mass is 349 g/mol. The minimum Gasteiger partial charge on any atom is -0.505 e. The molecule has 0 amide bonds. The Kier molecular flexibility index (Phi) is 3.22. The molecule has 1 heterocycles. The minimum atomic E-state index is -2.74. The fraction of sp³-hybridized carbons (Fsp3) is 0.167. The molecule has 0 saturated heterocycles. The lowest BCUT2D eigenvalue weighted by Gasteiger charge is -2.04. The van der Waals surface area contributed by atoms with E-state index in [4.69, 9.17) is 5.11 Å². The van der Waals surface area contributed by atoms with Crippen molar-refractivity contribution in [3.63, 3.8) is 0 Å². The van der Waals surface area contributed by atoms with Gasteiger partial charge in [0.2, 0.25) is 0 Å². The predicted octanol–water partition coefficient (Wildman–Crippen LogP) is 3.09. The molecule has 0 saturated carbocycles. The zero-order valence-electron chi connectivity index (χ0n) is 5.56. The van der Waals surface area contributed by atoms with Gasteiger partial charge < -0.3 is 5.11 Å². The van der Waals surface area contributed by atoms with E-state index in [9.17, 15) is 8.78 Å². The molecule has 0 aliphatic heterocycles. The maximum absolute atomic E-state index is 12.1. The molecule has 0 fully saturated rings. The number of nitrogens with zero attached hydrogens (tertiary/aromatic N) is 1. The Balaban J connectivity index is 3.27. The molecule has 6 heteroatoms. The fourth-order valence-electron chi connectivity index (χ4n) is 0.629. The summed E-state index contributed by atoms with van der Waals surface area (Å²) >= 11 is 4.81. The second-order valence-electron chi connectivity index (χ2n) is 1.95. The Bertz CT molecular complexity index is 308. The largest absolute Gasteiger partial charge is 0.505 e. The van der Waals surface area contributed by atoms with Gasteiger partial charge in [-0.05, 0) is 38.5 Å². The number of halogens is 4. The first-order valence-corrected chi connectivity index (χ1v) is 4.72. The SMILES string of the molecule is Oc1c(C(F)F)ncc(Br)c1I. The van der Waals surface area contributed by atoms with Crippen LogP contribution in [0.4, 0.5) is 8.78 Å². The van der Waals surface area contributed by atoms with Crippen molar-refractivity contribution in [2.75, 3.05) is 0 Å². The summed E-state index contributed by atoms with van der Waals surface area (Å²) in [7, 11) is 0. The van der Waals surface area contributed by atoms with Crippen molar-refractivity contribution in [1.82, 2.24) is 4.98 Å². The highest BCUT2D eigenvalue weighted by atomic mass is 127. The van der Waals surface area contributed by atoms with E-state index in [2.05, 4.69) is 20.9 Å². The van der Waals surface area contributed by atoms with Crippen molar-refractivity contribution >= 4 is 38.5 Å². The summed E-state index contributed by atoms with van der Waals surface area (Å²) in [5.41, 5.74) is -0.581. The second kappa shape index (κ2) is 3.82. The minimum absolute atomic E-state index is 0.345. The van der Waals surface area contributed by atoms with Crippen LogP contribution in [-0.2, 0) is 0 Å². The summed E-state index contributed by atoms with van der Waals surface area (Å²) in [5.74, 6) is -0.458. The average molecular weight is 350 g/mol. The highest BCUT2D eigenvalue weighted by Crippen LogP contribution is 2.33. The van der Waals surface area contributed by atoms with Crippen LogP contribution >= 0.6 is 38.5 Å².